The van der Waals surface area contributed by atoms with Crippen LogP contribution in [0.2, 0.25) is 0 Å². The standard InChI is InChI=1S/C18H22N4O4S/c1-11-6-8-13(9-7-11)16-19-14(21-26-16)10-27(23,24)12(2)15-20-17(22-25-15)18(3,4)5/h6-9,12H,10H2,1-5H3/t12-/m0/s1. The summed E-state index contributed by atoms with van der Waals surface area (Å²) in [5.74, 6) is 0.508. The predicted octanol–water partition coefficient (Wildman–Crippen LogP) is 3.40. The van der Waals surface area contributed by atoms with Gasteiger partial charge in [0.1, 0.15) is 11.0 Å². The molecule has 0 N–H and O–H groups in total. The molecule has 3 aromatic rings. The van der Waals surface area contributed by atoms with Crippen LogP contribution in [-0.4, -0.2) is 28.7 Å². The molecular formula is C18H22N4O4S. The molecule has 1 atom stereocenters. The second-order valence-corrected chi connectivity index (χ2v) is 9.86. The third kappa shape index (κ3) is 4.24. The van der Waals surface area contributed by atoms with Crippen LogP contribution < -0.4 is 0 Å². The van der Waals surface area contributed by atoms with E-state index in [0.29, 0.717) is 5.82 Å². The van der Waals surface area contributed by atoms with Crippen molar-refractivity contribution >= 4 is 9.84 Å². The third-order valence-corrected chi connectivity index (χ3v) is 6.04. The van der Waals surface area contributed by atoms with E-state index in [-0.39, 0.29) is 28.8 Å². The van der Waals surface area contributed by atoms with Gasteiger partial charge in [0.05, 0.1) is 0 Å². The van der Waals surface area contributed by atoms with Gasteiger partial charge in [-0.3, -0.25) is 0 Å². The molecule has 2 aromatic heterocycles. The van der Waals surface area contributed by atoms with E-state index in [0.717, 1.165) is 11.1 Å². The maximum absolute atomic E-state index is 12.7. The van der Waals surface area contributed by atoms with Gasteiger partial charge in [0.25, 0.3) is 5.89 Å². The summed E-state index contributed by atoms with van der Waals surface area (Å²) in [7, 11) is -3.66. The van der Waals surface area contributed by atoms with Crippen LogP contribution in [0.15, 0.2) is 33.3 Å². The van der Waals surface area contributed by atoms with Crippen LogP contribution in [-0.2, 0) is 21.0 Å². The Bertz CT molecular complexity index is 1030. The van der Waals surface area contributed by atoms with E-state index in [1.165, 1.54) is 6.92 Å². The second-order valence-electron chi connectivity index (χ2n) is 7.54. The van der Waals surface area contributed by atoms with Crippen molar-refractivity contribution in [1.82, 2.24) is 20.3 Å². The van der Waals surface area contributed by atoms with Crippen LogP contribution in [0, 0.1) is 6.92 Å². The van der Waals surface area contributed by atoms with Crippen LogP contribution in [0.5, 0.6) is 0 Å². The van der Waals surface area contributed by atoms with Crippen molar-refractivity contribution in [3.8, 4) is 11.5 Å². The van der Waals surface area contributed by atoms with Crippen molar-refractivity contribution in [2.24, 2.45) is 0 Å². The average molecular weight is 390 g/mol. The molecule has 0 radical (unpaired) electrons. The SMILES string of the molecule is Cc1ccc(-c2nc(CS(=O)(=O)[C@@H](C)c3nc(C(C)(C)C)no3)no2)cc1. The molecule has 27 heavy (non-hydrogen) atoms. The lowest BCUT2D eigenvalue weighted by Crippen LogP contribution is -2.16. The Morgan fingerprint density at radius 3 is 2.30 bits per heavy atom. The fourth-order valence-corrected chi connectivity index (χ4v) is 3.42. The van der Waals surface area contributed by atoms with Crippen LogP contribution in [0.3, 0.4) is 0 Å². The minimum atomic E-state index is -3.66. The van der Waals surface area contributed by atoms with E-state index in [1.54, 1.807) is 0 Å². The number of benzene rings is 1. The summed E-state index contributed by atoms with van der Waals surface area (Å²) in [5.41, 5.74) is 1.50. The Morgan fingerprint density at radius 1 is 1.04 bits per heavy atom. The minimum absolute atomic E-state index is 0.0576. The van der Waals surface area contributed by atoms with Crippen LogP contribution in [0.4, 0.5) is 0 Å². The maximum atomic E-state index is 12.7. The fraction of sp³-hybridized carbons (Fsp3) is 0.444. The molecule has 9 heteroatoms. The summed E-state index contributed by atoms with van der Waals surface area (Å²) in [5, 5.41) is 6.70. The molecule has 8 nitrogen and oxygen atoms in total. The van der Waals surface area contributed by atoms with Gasteiger partial charge in [-0.05, 0) is 26.0 Å². The number of sulfone groups is 1. The molecule has 0 bridgehead atoms. The summed E-state index contributed by atoms with van der Waals surface area (Å²) in [6.45, 7) is 9.25. The van der Waals surface area contributed by atoms with E-state index >= 15 is 0 Å². The van der Waals surface area contributed by atoms with E-state index in [1.807, 2.05) is 52.0 Å². The zero-order valence-corrected chi connectivity index (χ0v) is 16.7. The first kappa shape index (κ1) is 19.2. The zero-order valence-electron chi connectivity index (χ0n) is 15.9. The van der Waals surface area contributed by atoms with Crippen LogP contribution in [0.1, 0.15) is 56.0 Å². The fourth-order valence-electron chi connectivity index (χ4n) is 2.29. The highest BCUT2D eigenvalue weighted by Crippen LogP contribution is 2.27. The average Bonchev–Trinajstić information content (AvgIpc) is 3.23. The van der Waals surface area contributed by atoms with Gasteiger partial charge in [-0.1, -0.05) is 48.8 Å². The molecule has 2 heterocycles. The largest absolute Gasteiger partial charge is 0.338 e. The molecule has 0 saturated carbocycles. The van der Waals surface area contributed by atoms with Crippen LogP contribution in [0.25, 0.3) is 11.5 Å². The number of nitrogens with zero attached hydrogens (tertiary/aromatic N) is 4. The molecule has 0 unspecified atom stereocenters. The molecule has 0 spiro atoms. The van der Waals surface area contributed by atoms with Crippen molar-refractivity contribution < 1.29 is 17.5 Å². The summed E-state index contributed by atoms with van der Waals surface area (Å²) in [6, 6.07) is 7.52. The van der Waals surface area contributed by atoms with Gasteiger partial charge in [-0.15, -0.1) is 0 Å². The molecule has 0 aliphatic heterocycles. The molecule has 144 valence electrons. The van der Waals surface area contributed by atoms with Crippen molar-refractivity contribution in [2.45, 2.75) is 51.0 Å². The lowest BCUT2D eigenvalue weighted by Gasteiger charge is -2.11. The monoisotopic (exact) mass is 390 g/mol. The molecule has 0 aliphatic rings. The van der Waals surface area contributed by atoms with E-state index in [2.05, 4.69) is 20.3 Å². The second kappa shape index (κ2) is 6.88. The van der Waals surface area contributed by atoms with Crippen molar-refractivity contribution in [3.63, 3.8) is 0 Å². The normalized spacial score (nSPS) is 13.7. The predicted molar refractivity (Wildman–Crippen MR) is 98.5 cm³/mol. The molecule has 1 aromatic carbocycles. The smallest absolute Gasteiger partial charge is 0.257 e. The number of rotatable bonds is 5. The van der Waals surface area contributed by atoms with E-state index in [4.69, 9.17) is 9.05 Å². The van der Waals surface area contributed by atoms with E-state index in [9.17, 15) is 8.42 Å². The molecular weight excluding hydrogens is 368 g/mol. The lowest BCUT2D eigenvalue weighted by atomic mass is 9.96. The zero-order chi connectivity index (χ0) is 19.8. The van der Waals surface area contributed by atoms with Gasteiger partial charge >= 0.3 is 0 Å². The molecule has 0 fully saturated rings. The summed E-state index contributed by atoms with van der Waals surface area (Å²) >= 11 is 0. The highest BCUT2D eigenvalue weighted by Gasteiger charge is 2.32. The minimum Gasteiger partial charge on any atom is -0.338 e. The highest BCUT2D eigenvalue weighted by molar-refractivity contribution is 7.90. The first-order valence-electron chi connectivity index (χ1n) is 8.51. The number of hydrogen-bond donors (Lipinski definition) is 0. The first-order valence-corrected chi connectivity index (χ1v) is 10.2. The topological polar surface area (TPSA) is 112 Å². The van der Waals surface area contributed by atoms with Crippen molar-refractivity contribution in [3.05, 3.63) is 47.4 Å². The van der Waals surface area contributed by atoms with Gasteiger partial charge in [0.15, 0.2) is 21.5 Å². The van der Waals surface area contributed by atoms with Crippen molar-refractivity contribution in [1.29, 1.82) is 0 Å². The lowest BCUT2D eigenvalue weighted by molar-refractivity contribution is 0.361. The first-order chi connectivity index (χ1) is 12.6. The molecule has 0 saturated heterocycles. The number of aryl methyl sites for hydroxylation is 1. The maximum Gasteiger partial charge on any atom is 0.257 e. The summed E-state index contributed by atoms with van der Waals surface area (Å²) in [4.78, 5) is 8.42. The quantitative estimate of drug-likeness (QED) is 0.651. The van der Waals surface area contributed by atoms with Gasteiger partial charge < -0.3 is 9.05 Å². The summed E-state index contributed by atoms with van der Waals surface area (Å²) in [6.07, 6.45) is 0. The highest BCUT2D eigenvalue weighted by atomic mass is 32.2. The third-order valence-electron chi connectivity index (χ3n) is 4.10. The Kier molecular flexibility index (Phi) is 4.90. The van der Waals surface area contributed by atoms with Gasteiger partial charge in [0.2, 0.25) is 5.89 Å². The van der Waals surface area contributed by atoms with Crippen LogP contribution >= 0.6 is 0 Å². The molecule has 3 rings (SSSR count). The van der Waals surface area contributed by atoms with Gasteiger partial charge in [-0.2, -0.15) is 9.97 Å². The number of aromatic nitrogens is 4. The Balaban J connectivity index is 1.78. The van der Waals surface area contributed by atoms with Gasteiger partial charge in [0, 0.05) is 11.0 Å². The Hall–Kier alpha value is -2.55. The Morgan fingerprint density at radius 2 is 1.70 bits per heavy atom. The Labute approximate surface area is 157 Å². The molecule has 0 amide bonds. The van der Waals surface area contributed by atoms with Crippen molar-refractivity contribution in [2.75, 3.05) is 0 Å². The number of hydrogen-bond acceptors (Lipinski definition) is 8. The van der Waals surface area contributed by atoms with E-state index < -0.39 is 15.1 Å². The molecule has 0 aliphatic carbocycles. The van der Waals surface area contributed by atoms with Gasteiger partial charge in [-0.25, -0.2) is 8.42 Å². The summed E-state index contributed by atoms with van der Waals surface area (Å²) < 4.78 is 35.8.